The van der Waals surface area contributed by atoms with E-state index in [4.69, 9.17) is 4.42 Å². The van der Waals surface area contributed by atoms with E-state index in [-0.39, 0.29) is 11.9 Å². The summed E-state index contributed by atoms with van der Waals surface area (Å²) in [6.45, 7) is 5.60. The molecule has 0 saturated carbocycles. The number of piperidine rings is 1. The van der Waals surface area contributed by atoms with Gasteiger partial charge in [0, 0.05) is 12.2 Å². The molecule has 0 bridgehead atoms. The minimum atomic E-state index is -0.00812. The third-order valence-corrected chi connectivity index (χ3v) is 4.11. The summed E-state index contributed by atoms with van der Waals surface area (Å²) in [6.07, 6.45) is 4.78. The second-order valence-electron chi connectivity index (χ2n) is 5.73. The second-order valence-corrected chi connectivity index (χ2v) is 5.73. The first-order valence-electron chi connectivity index (χ1n) is 7.50. The Morgan fingerprint density at radius 2 is 2.29 bits per heavy atom. The first kappa shape index (κ1) is 13.9. The molecule has 112 valence electrons. The van der Waals surface area contributed by atoms with Crippen LogP contribution in [0.4, 0.5) is 0 Å². The summed E-state index contributed by atoms with van der Waals surface area (Å²) in [6, 6.07) is 5.75. The van der Waals surface area contributed by atoms with Crippen LogP contribution in [0.25, 0.3) is 0 Å². The average Bonchev–Trinajstić information content (AvgIpc) is 3.09. The normalized spacial score (nSPS) is 19.0. The number of rotatable bonds is 3. The number of amides is 1. The maximum absolute atomic E-state index is 12.6. The summed E-state index contributed by atoms with van der Waals surface area (Å²) in [5.74, 6) is 0.418. The van der Waals surface area contributed by atoms with Gasteiger partial charge in [0.25, 0.3) is 5.91 Å². The number of carbonyl (C=O) groups is 1. The number of furan rings is 1. The fourth-order valence-electron chi connectivity index (χ4n) is 3.06. The van der Waals surface area contributed by atoms with Crippen molar-refractivity contribution in [1.29, 1.82) is 0 Å². The van der Waals surface area contributed by atoms with Crippen LogP contribution >= 0.6 is 0 Å². The molecule has 2 aromatic rings. The first-order chi connectivity index (χ1) is 10.1. The van der Waals surface area contributed by atoms with Gasteiger partial charge in [0.1, 0.15) is 0 Å². The number of nitrogens with zero attached hydrogens (tertiary/aromatic N) is 3. The number of carbonyl (C=O) groups excluding carboxylic acids is 1. The quantitative estimate of drug-likeness (QED) is 0.872. The monoisotopic (exact) mass is 287 g/mol. The Morgan fingerprint density at radius 3 is 2.95 bits per heavy atom. The fraction of sp³-hybridized carbons (Fsp3) is 0.500. The molecule has 3 heterocycles. The van der Waals surface area contributed by atoms with Gasteiger partial charge in [-0.25, -0.2) is 0 Å². The van der Waals surface area contributed by atoms with E-state index >= 15 is 0 Å². The summed E-state index contributed by atoms with van der Waals surface area (Å²) in [5, 5.41) is 4.52. The summed E-state index contributed by atoms with van der Waals surface area (Å²) in [5.41, 5.74) is 2.16. The smallest absolute Gasteiger partial charge is 0.289 e. The molecule has 0 N–H and O–H groups in total. The Morgan fingerprint density at radius 1 is 1.43 bits per heavy atom. The maximum Gasteiger partial charge on any atom is 0.289 e. The van der Waals surface area contributed by atoms with Crippen LogP contribution in [0.15, 0.2) is 28.9 Å². The van der Waals surface area contributed by atoms with Gasteiger partial charge in [-0.2, -0.15) is 5.10 Å². The minimum Gasteiger partial charge on any atom is -0.459 e. The molecular weight excluding hydrogens is 266 g/mol. The van der Waals surface area contributed by atoms with Gasteiger partial charge in [0.2, 0.25) is 0 Å². The van der Waals surface area contributed by atoms with Crippen molar-refractivity contribution in [1.82, 2.24) is 14.7 Å². The van der Waals surface area contributed by atoms with E-state index in [0.29, 0.717) is 5.76 Å². The highest BCUT2D eigenvalue weighted by atomic mass is 16.3. The van der Waals surface area contributed by atoms with E-state index < -0.39 is 0 Å². The van der Waals surface area contributed by atoms with Crippen LogP contribution in [0.2, 0.25) is 0 Å². The number of likely N-dealkylation sites (tertiary alicyclic amines) is 1. The molecule has 0 unspecified atom stereocenters. The zero-order valence-electron chi connectivity index (χ0n) is 12.6. The van der Waals surface area contributed by atoms with Crippen LogP contribution in [-0.2, 0) is 6.54 Å². The molecule has 1 amide bonds. The van der Waals surface area contributed by atoms with Gasteiger partial charge in [-0.1, -0.05) is 0 Å². The van der Waals surface area contributed by atoms with E-state index in [9.17, 15) is 4.79 Å². The van der Waals surface area contributed by atoms with Crippen LogP contribution in [0.1, 0.15) is 41.2 Å². The van der Waals surface area contributed by atoms with Crippen molar-refractivity contribution >= 4 is 5.91 Å². The number of hydrogen-bond acceptors (Lipinski definition) is 3. The molecule has 1 atom stereocenters. The summed E-state index contributed by atoms with van der Waals surface area (Å²) >= 11 is 0. The van der Waals surface area contributed by atoms with Crippen molar-refractivity contribution in [3.8, 4) is 0 Å². The van der Waals surface area contributed by atoms with Gasteiger partial charge in [0.05, 0.1) is 24.5 Å². The second kappa shape index (κ2) is 5.76. The SMILES string of the molecule is Cc1cc(C)n(C[C@H]2CCCCN2C(=O)c2ccco2)n1. The van der Waals surface area contributed by atoms with Crippen molar-refractivity contribution in [2.24, 2.45) is 0 Å². The lowest BCUT2D eigenvalue weighted by molar-refractivity contribution is 0.0550. The van der Waals surface area contributed by atoms with Gasteiger partial charge < -0.3 is 9.32 Å². The molecule has 1 aliphatic heterocycles. The lowest BCUT2D eigenvalue weighted by atomic mass is 10.0. The molecule has 1 aliphatic rings. The first-order valence-corrected chi connectivity index (χ1v) is 7.50. The van der Waals surface area contributed by atoms with Crippen LogP contribution in [0.5, 0.6) is 0 Å². The highest BCUT2D eigenvalue weighted by molar-refractivity contribution is 5.91. The van der Waals surface area contributed by atoms with E-state index in [1.54, 1.807) is 18.4 Å². The summed E-state index contributed by atoms with van der Waals surface area (Å²) in [4.78, 5) is 14.5. The van der Waals surface area contributed by atoms with Gasteiger partial charge >= 0.3 is 0 Å². The zero-order valence-corrected chi connectivity index (χ0v) is 12.6. The Bertz CT molecular complexity index is 616. The lowest BCUT2D eigenvalue weighted by Gasteiger charge is -2.35. The van der Waals surface area contributed by atoms with Crippen LogP contribution in [-0.4, -0.2) is 33.2 Å². The molecule has 1 saturated heterocycles. The molecular formula is C16H21N3O2. The van der Waals surface area contributed by atoms with Gasteiger partial charge in [-0.05, 0) is 51.3 Å². The van der Waals surface area contributed by atoms with Crippen molar-refractivity contribution in [2.75, 3.05) is 6.54 Å². The Hall–Kier alpha value is -2.04. The molecule has 5 heteroatoms. The van der Waals surface area contributed by atoms with E-state index in [1.807, 2.05) is 16.5 Å². The fourth-order valence-corrected chi connectivity index (χ4v) is 3.06. The third-order valence-electron chi connectivity index (χ3n) is 4.11. The highest BCUT2D eigenvalue weighted by Crippen LogP contribution is 2.21. The molecule has 0 spiro atoms. The number of aromatic nitrogens is 2. The van der Waals surface area contributed by atoms with E-state index in [0.717, 1.165) is 43.7 Å². The number of hydrogen-bond donors (Lipinski definition) is 0. The lowest BCUT2D eigenvalue weighted by Crippen LogP contribution is -2.46. The Kier molecular flexibility index (Phi) is 3.82. The standard InChI is InChI=1S/C16H21N3O2/c1-12-10-13(2)19(17-12)11-14-6-3-4-8-18(14)16(20)15-7-5-9-21-15/h5,7,9-10,14H,3-4,6,8,11H2,1-2H3/t14-/m1/s1. The summed E-state index contributed by atoms with van der Waals surface area (Å²) < 4.78 is 7.27. The van der Waals surface area contributed by atoms with E-state index in [2.05, 4.69) is 18.1 Å². The summed E-state index contributed by atoms with van der Waals surface area (Å²) in [7, 11) is 0. The molecule has 0 aromatic carbocycles. The molecule has 0 radical (unpaired) electrons. The average molecular weight is 287 g/mol. The largest absolute Gasteiger partial charge is 0.459 e. The van der Waals surface area contributed by atoms with Gasteiger partial charge in [-0.15, -0.1) is 0 Å². The van der Waals surface area contributed by atoms with Crippen LogP contribution < -0.4 is 0 Å². The van der Waals surface area contributed by atoms with Crippen molar-refractivity contribution in [2.45, 2.75) is 45.7 Å². The molecule has 2 aromatic heterocycles. The predicted octanol–water partition coefficient (Wildman–Crippen LogP) is 2.79. The minimum absolute atomic E-state index is 0.00812. The highest BCUT2D eigenvalue weighted by Gasteiger charge is 2.29. The maximum atomic E-state index is 12.6. The molecule has 1 fully saturated rings. The van der Waals surface area contributed by atoms with Crippen molar-refractivity contribution in [3.63, 3.8) is 0 Å². The third kappa shape index (κ3) is 2.86. The van der Waals surface area contributed by atoms with E-state index in [1.165, 1.54) is 0 Å². The number of aryl methyl sites for hydroxylation is 2. The van der Waals surface area contributed by atoms with Crippen LogP contribution in [0.3, 0.4) is 0 Å². The molecule has 3 rings (SSSR count). The topological polar surface area (TPSA) is 51.3 Å². The zero-order chi connectivity index (χ0) is 14.8. The van der Waals surface area contributed by atoms with Gasteiger partial charge in [-0.3, -0.25) is 9.48 Å². The Balaban J connectivity index is 1.78. The molecule has 0 aliphatic carbocycles. The molecule has 5 nitrogen and oxygen atoms in total. The van der Waals surface area contributed by atoms with Crippen molar-refractivity contribution in [3.05, 3.63) is 41.6 Å². The molecule has 21 heavy (non-hydrogen) atoms. The predicted molar refractivity (Wildman–Crippen MR) is 79.1 cm³/mol. The Labute approximate surface area is 124 Å². The van der Waals surface area contributed by atoms with Gasteiger partial charge in [0.15, 0.2) is 5.76 Å². The van der Waals surface area contributed by atoms with Crippen molar-refractivity contribution < 1.29 is 9.21 Å². The van der Waals surface area contributed by atoms with Crippen LogP contribution in [0, 0.1) is 13.8 Å².